The van der Waals surface area contributed by atoms with Crippen molar-refractivity contribution in [1.29, 1.82) is 0 Å². The van der Waals surface area contributed by atoms with Crippen molar-refractivity contribution in [2.75, 3.05) is 26.2 Å². The molecule has 5 nitrogen and oxygen atoms in total. The topological polar surface area (TPSA) is 54.3 Å². The Balaban J connectivity index is 1.98. The zero-order valence-corrected chi connectivity index (χ0v) is 11.2. The Kier molecular flexibility index (Phi) is 3.14. The highest BCUT2D eigenvalue weighted by atomic mass is 16.2. The fraction of sp³-hybridized carbons (Fsp3) is 0.571. The second-order valence-corrected chi connectivity index (χ2v) is 5.29. The molecule has 1 amide bonds. The predicted octanol–water partition coefficient (Wildman–Crippen LogP) is -0.0806. The van der Waals surface area contributed by atoms with Crippen molar-refractivity contribution in [2.45, 2.75) is 19.3 Å². The number of carbonyl (C=O) groups is 1. The van der Waals surface area contributed by atoms with Crippen LogP contribution in [0.1, 0.15) is 28.0 Å². The number of fused-ring (bicyclic) bond motifs is 1. The van der Waals surface area contributed by atoms with E-state index in [0.717, 1.165) is 38.0 Å². The van der Waals surface area contributed by atoms with Gasteiger partial charge in [0, 0.05) is 38.9 Å². The lowest BCUT2D eigenvalue weighted by molar-refractivity contribution is 0.0733. The van der Waals surface area contributed by atoms with Crippen LogP contribution in [-0.4, -0.2) is 41.6 Å². The summed E-state index contributed by atoms with van der Waals surface area (Å²) in [5.74, 6) is -0.114. The van der Waals surface area contributed by atoms with Gasteiger partial charge in [0.05, 0.1) is 0 Å². The second kappa shape index (κ2) is 4.81. The predicted molar refractivity (Wildman–Crippen MR) is 72.5 cm³/mol. The van der Waals surface area contributed by atoms with Gasteiger partial charge in [-0.3, -0.25) is 9.59 Å². The van der Waals surface area contributed by atoms with Gasteiger partial charge in [-0.2, -0.15) is 0 Å². The highest BCUT2D eigenvalue weighted by Gasteiger charge is 2.24. The quantitative estimate of drug-likeness (QED) is 0.769. The first-order valence-corrected chi connectivity index (χ1v) is 6.90. The third-order valence-electron chi connectivity index (χ3n) is 4.12. The molecule has 0 bridgehead atoms. The zero-order chi connectivity index (χ0) is 13.4. The molecule has 2 aliphatic rings. The number of carbonyl (C=O) groups excluding carboxylic acids is 1. The first kappa shape index (κ1) is 12.4. The highest BCUT2D eigenvalue weighted by Crippen LogP contribution is 2.21. The Morgan fingerprint density at radius 1 is 1.26 bits per heavy atom. The van der Waals surface area contributed by atoms with Crippen molar-refractivity contribution < 1.29 is 4.79 Å². The summed E-state index contributed by atoms with van der Waals surface area (Å²) in [5.41, 5.74) is 2.46. The number of amides is 1. The number of aryl methyl sites for hydroxylation is 1. The van der Waals surface area contributed by atoms with Gasteiger partial charge in [-0.25, -0.2) is 0 Å². The van der Waals surface area contributed by atoms with Gasteiger partial charge in [-0.1, -0.05) is 0 Å². The summed E-state index contributed by atoms with van der Waals surface area (Å²) in [6.45, 7) is 2.96. The molecule has 5 heteroatoms. The summed E-state index contributed by atoms with van der Waals surface area (Å²) in [7, 11) is 1.78. The van der Waals surface area contributed by atoms with Gasteiger partial charge in [0.25, 0.3) is 11.5 Å². The minimum atomic E-state index is -0.149. The molecule has 1 N–H and O–H groups in total. The van der Waals surface area contributed by atoms with E-state index < -0.39 is 0 Å². The summed E-state index contributed by atoms with van der Waals surface area (Å²) in [5, 5.41) is 3.21. The highest BCUT2D eigenvalue weighted by molar-refractivity contribution is 5.94. The van der Waals surface area contributed by atoms with E-state index in [9.17, 15) is 9.59 Å². The zero-order valence-electron chi connectivity index (χ0n) is 11.2. The van der Waals surface area contributed by atoms with Crippen molar-refractivity contribution in [3.8, 4) is 0 Å². The number of nitrogens with one attached hydrogen (secondary N) is 1. The SMILES string of the molecule is Cn1c2c(cc(C(=O)N3CCNCC3)c1=O)CCC2. The molecule has 0 unspecified atom stereocenters. The summed E-state index contributed by atoms with van der Waals surface area (Å²) >= 11 is 0. The molecule has 1 aliphatic carbocycles. The molecule has 0 atom stereocenters. The average Bonchev–Trinajstić information content (AvgIpc) is 2.91. The molecule has 1 aromatic heterocycles. The van der Waals surface area contributed by atoms with Gasteiger partial charge in [-0.15, -0.1) is 0 Å². The van der Waals surface area contributed by atoms with E-state index in [1.54, 1.807) is 16.5 Å². The Bertz CT molecular complexity index is 571. The van der Waals surface area contributed by atoms with Gasteiger partial charge in [0.2, 0.25) is 0 Å². The number of hydrogen-bond donors (Lipinski definition) is 1. The lowest BCUT2D eigenvalue weighted by Crippen LogP contribution is -2.48. The second-order valence-electron chi connectivity index (χ2n) is 5.29. The molecule has 1 aromatic rings. The van der Waals surface area contributed by atoms with Crippen LogP contribution in [0, 0.1) is 0 Å². The van der Waals surface area contributed by atoms with Crippen molar-refractivity contribution in [1.82, 2.24) is 14.8 Å². The van der Waals surface area contributed by atoms with Crippen LogP contribution in [0.2, 0.25) is 0 Å². The van der Waals surface area contributed by atoms with E-state index in [1.807, 2.05) is 6.07 Å². The number of rotatable bonds is 1. The maximum Gasteiger partial charge on any atom is 0.263 e. The molecule has 0 saturated carbocycles. The largest absolute Gasteiger partial charge is 0.336 e. The van der Waals surface area contributed by atoms with Crippen LogP contribution in [0.15, 0.2) is 10.9 Å². The molecule has 1 saturated heterocycles. The van der Waals surface area contributed by atoms with Crippen LogP contribution < -0.4 is 10.9 Å². The maximum absolute atomic E-state index is 12.5. The molecule has 1 fully saturated rings. The minimum absolute atomic E-state index is 0.114. The molecule has 1 aliphatic heterocycles. The van der Waals surface area contributed by atoms with Gasteiger partial charge in [0.1, 0.15) is 5.56 Å². The monoisotopic (exact) mass is 261 g/mol. The van der Waals surface area contributed by atoms with E-state index in [0.29, 0.717) is 18.7 Å². The third-order valence-corrected chi connectivity index (χ3v) is 4.12. The van der Waals surface area contributed by atoms with Gasteiger partial charge < -0.3 is 14.8 Å². The lowest BCUT2D eigenvalue weighted by atomic mass is 10.1. The Labute approximate surface area is 112 Å². The number of pyridine rings is 1. The first-order chi connectivity index (χ1) is 9.18. The van der Waals surface area contributed by atoms with Gasteiger partial charge >= 0.3 is 0 Å². The number of aromatic nitrogens is 1. The smallest absolute Gasteiger partial charge is 0.263 e. The first-order valence-electron chi connectivity index (χ1n) is 6.90. The molecular formula is C14H19N3O2. The van der Waals surface area contributed by atoms with Crippen LogP contribution in [0.4, 0.5) is 0 Å². The fourth-order valence-electron chi connectivity index (χ4n) is 3.02. The van der Waals surface area contributed by atoms with Crippen LogP contribution in [0.25, 0.3) is 0 Å². The summed E-state index contributed by atoms with van der Waals surface area (Å²) in [6, 6.07) is 1.83. The number of nitrogens with zero attached hydrogens (tertiary/aromatic N) is 2. The van der Waals surface area contributed by atoms with Crippen LogP contribution in [0.3, 0.4) is 0 Å². The van der Waals surface area contributed by atoms with Crippen molar-refractivity contribution in [3.05, 3.63) is 33.2 Å². The van der Waals surface area contributed by atoms with Gasteiger partial charge in [0.15, 0.2) is 0 Å². The Hall–Kier alpha value is -1.62. The minimum Gasteiger partial charge on any atom is -0.336 e. The van der Waals surface area contributed by atoms with Crippen LogP contribution >= 0.6 is 0 Å². The standard InChI is InChI=1S/C14H19N3O2/c1-16-12-4-2-3-10(12)9-11(13(16)18)14(19)17-7-5-15-6-8-17/h9,15H,2-8H2,1H3. The molecule has 3 rings (SSSR count). The van der Waals surface area contributed by atoms with E-state index in [-0.39, 0.29) is 11.5 Å². The normalized spacial score (nSPS) is 18.5. The van der Waals surface area contributed by atoms with Crippen LogP contribution in [-0.2, 0) is 19.9 Å². The van der Waals surface area contributed by atoms with E-state index in [2.05, 4.69) is 5.32 Å². The van der Waals surface area contributed by atoms with Gasteiger partial charge in [-0.05, 0) is 30.9 Å². The molecule has 0 spiro atoms. The molecule has 102 valence electrons. The van der Waals surface area contributed by atoms with Crippen molar-refractivity contribution in [3.63, 3.8) is 0 Å². The van der Waals surface area contributed by atoms with Crippen LogP contribution in [0.5, 0.6) is 0 Å². The third kappa shape index (κ3) is 2.08. The summed E-state index contributed by atoms with van der Waals surface area (Å²) in [4.78, 5) is 26.5. The average molecular weight is 261 g/mol. The Morgan fingerprint density at radius 2 is 2.00 bits per heavy atom. The molecule has 19 heavy (non-hydrogen) atoms. The molecule has 0 aromatic carbocycles. The van der Waals surface area contributed by atoms with E-state index in [4.69, 9.17) is 0 Å². The molecule has 2 heterocycles. The van der Waals surface area contributed by atoms with E-state index in [1.165, 1.54) is 5.56 Å². The summed E-state index contributed by atoms with van der Waals surface area (Å²) in [6.07, 6.45) is 3.00. The maximum atomic E-state index is 12.5. The van der Waals surface area contributed by atoms with Crippen molar-refractivity contribution >= 4 is 5.91 Å². The molecule has 0 radical (unpaired) electrons. The van der Waals surface area contributed by atoms with Crippen molar-refractivity contribution in [2.24, 2.45) is 7.05 Å². The summed E-state index contributed by atoms with van der Waals surface area (Å²) < 4.78 is 1.66. The number of hydrogen-bond acceptors (Lipinski definition) is 3. The molecular weight excluding hydrogens is 242 g/mol. The lowest BCUT2D eigenvalue weighted by Gasteiger charge is -2.27. The number of piperazine rings is 1. The van der Waals surface area contributed by atoms with E-state index >= 15 is 0 Å². The fourth-order valence-corrected chi connectivity index (χ4v) is 3.02. The Morgan fingerprint density at radius 3 is 2.74 bits per heavy atom.